The second-order valence-electron chi connectivity index (χ2n) is 5.89. The second-order valence-corrected chi connectivity index (χ2v) is 5.89. The van der Waals surface area contributed by atoms with Crippen LogP contribution in [0.1, 0.15) is 21.0 Å². The van der Waals surface area contributed by atoms with Crippen molar-refractivity contribution < 1.29 is 29.6 Å². The van der Waals surface area contributed by atoms with Crippen LogP contribution < -0.4 is 0 Å². The maximum atomic E-state index is 11.2. The van der Waals surface area contributed by atoms with Crippen LogP contribution in [0.4, 0.5) is 0 Å². The summed E-state index contributed by atoms with van der Waals surface area (Å²) in [5, 5.41) is 29.1. The van der Waals surface area contributed by atoms with Crippen molar-refractivity contribution >= 4 is 33.7 Å². The van der Waals surface area contributed by atoms with E-state index in [1.54, 1.807) is 36.4 Å². The maximum Gasteiger partial charge on any atom is 0.356 e. The molecule has 2 aromatic carbocycles. The largest absolute Gasteiger partial charge is 0.506 e. The maximum absolute atomic E-state index is 11.2. The number of fused-ring (bicyclic) bond motifs is 2. The number of carbonyl (C=O) groups is 2. The van der Waals surface area contributed by atoms with E-state index < -0.39 is 11.9 Å². The first-order chi connectivity index (χ1) is 13.9. The lowest BCUT2D eigenvalue weighted by molar-refractivity contribution is 0.0593. The van der Waals surface area contributed by atoms with E-state index in [1.807, 2.05) is 6.07 Å². The van der Waals surface area contributed by atoms with Gasteiger partial charge in [0.15, 0.2) is 0 Å². The quantitative estimate of drug-likeness (QED) is 0.443. The van der Waals surface area contributed by atoms with E-state index in [9.17, 15) is 19.8 Å². The van der Waals surface area contributed by atoms with Gasteiger partial charge in [-0.3, -0.25) is 0 Å². The Kier molecular flexibility index (Phi) is 5.54. The number of carbonyl (C=O) groups excluding carboxylic acids is 1. The fourth-order valence-electron chi connectivity index (χ4n) is 2.60. The summed E-state index contributed by atoms with van der Waals surface area (Å²) < 4.78 is 4.54. The number of phenols is 2. The fourth-order valence-corrected chi connectivity index (χ4v) is 2.60. The number of phenolic OH excluding ortho intramolecular Hbond substituents is 2. The van der Waals surface area contributed by atoms with Gasteiger partial charge in [-0.05, 0) is 24.3 Å². The van der Waals surface area contributed by atoms with Crippen molar-refractivity contribution in [2.75, 3.05) is 7.11 Å². The topological polar surface area (TPSA) is 130 Å². The molecule has 0 spiro atoms. The number of carboxylic acids is 1. The molecular formula is C21H16N2O6. The molecule has 29 heavy (non-hydrogen) atoms. The SMILES string of the molecule is COC(=O)c1ccc2cccc(O)c2n1.O=C(O)c1ccc2cccc(O)c2n1. The van der Waals surface area contributed by atoms with Crippen molar-refractivity contribution in [3.8, 4) is 11.5 Å². The lowest BCUT2D eigenvalue weighted by Crippen LogP contribution is -2.03. The molecular weight excluding hydrogens is 376 g/mol. The van der Waals surface area contributed by atoms with Gasteiger partial charge in [-0.2, -0.15) is 0 Å². The summed E-state index contributed by atoms with van der Waals surface area (Å²) >= 11 is 0. The Hall–Kier alpha value is -4.20. The Bertz CT molecular complexity index is 1220. The minimum absolute atomic E-state index is 0.00870. The molecule has 0 atom stereocenters. The van der Waals surface area contributed by atoms with E-state index in [0.29, 0.717) is 11.0 Å². The number of aromatic hydroxyl groups is 2. The van der Waals surface area contributed by atoms with Crippen LogP contribution in [0.15, 0.2) is 60.7 Å². The average molecular weight is 392 g/mol. The highest BCUT2D eigenvalue weighted by atomic mass is 16.5. The van der Waals surface area contributed by atoms with Gasteiger partial charge in [0.05, 0.1) is 7.11 Å². The van der Waals surface area contributed by atoms with Crippen molar-refractivity contribution in [1.29, 1.82) is 0 Å². The summed E-state index contributed by atoms with van der Waals surface area (Å²) in [6.07, 6.45) is 0. The second kappa shape index (κ2) is 8.22. The predicted octanol–water partition coefficient (Wildman–Crippen LogP) is 3.37. The lowest BCUT2D eigenvalue weighted by atomic mass is 10.2. The number of pyridine rings is 2. The Morgan fingerprint density at radius 1 is 0.759 bits per heavy atom. The Balaban J connectivity index is 0.000000166. The molecule has 0 saturated carbocycles. The monoisotopic (exact) mass is 392 g/mol. The molecule has 2 heterocycles. The van der Waals surface area contributed by atoms with Gasteiger partial charge in [-0.15, -0.1) is 0 Å². The van der Waals surface area contributed by atoms with Gasteiger partial charge >= 0.3 is 11.9 Å². The van der Waals surface area contributed by atoms with E-state index in [-0.39, 0.29) is 22.9 Å². The average Bonchev–Trinajstić information content (AvgIpc) is 2.74. The number of hydrogen-bond donors (Lipinski definition) is 3. The third-order valence-electron chi connectivity index (χ3n) is 4.01. The third kappa shape index (κ3) is 4.22. The third-order valence-corrected chi connectivity index (χ3v) is 4.01. The Morgan fingerprint density at radius 3 is 1.72 bits per heavy atom. The van der Waals surface area contributed by atoms with Gasteiger partial charge in [0.1, 0.15) is 33.9 Å². The summed E-state index contributed by atoms with van der Waals surface area (Å²) in [6.45, 7) is 0. The highest BCUT2D eigenvalue weighted by Gasteiger charge is 2.09. The lowest BCUT2D eigenvalue weighted by Gasteiger charge is -2.02. The molecule has 8 heteroatoms. The van der Waals surface area contributed by atoms with Crippen LogP contribution >= 0.6 is 0 Å². The summed E-state index contributed by atoms with van der Waals surface area (Å²) in [7, 11) is 1.29. The number of aromatic nitrogens is 2. The van der Waals surface area contributed by atoms with Crippen molar-refractivity contribution in [3.63, 3.8) is 0 Å². The van der Waals surface area contributed by atoms with E-state index in [1.165, 1.54) is 25.3 Å². The van der Waals surface area contributed by atoms with Crippen LogP contribution in [0.5, 0.6) is 11.5 Å². The Morgan fingerprint density at radius 2 is 1.24 bits per heavy atom. The van der Waals surface area contributed by atoms with Gasteiger partial charge in [0, 0.05) is 10.8 Å². The molecule has 8 nitrogen and oxygen atoms in total. The van der Waals surface area contributed by atoms with Crippen LogP contribution in [0.3, 0.4) is 0 Å². The normalized spacial score (nSPS) is 10.2. The molecule has 3 N–H and O–H groups in total. The minimum atomic E-state index is -1.10. The first-order valence-corrected chi connectivity index (χ1v) is 8.40. The number of ether oxygens (including phenoxy) is 1. The number of carboxylic acid groups (broad SMARTS) is 1. The number of rotatable bonds is 2. The molecule has 0 aliphatic carbocycles. The first-order valence-electron chi connectivity index (χ1n) is 8.40. The molecule has 4 rings (SSSR count). The van der Waals surface area contributed by atoms with Crippen molar-refractivity contribution in [1.82, 2.24) is 9.97 Å². The molecule has 0 aliphatic heterocycles. The molecule has 146 valence electrons. The molecule has 0 aliphatic rings. The molecule has 2 aromatic heterocycles. The summed E-state index contributed by atoms with van der Waals surface area (Å²) in [6, 6.07) is 16.3. The van der Waals surface area contributed by atoms with Crippen LogP contribution in [0.2, 0.25) is 0 Å². The van der Waals surface area contributed by atoms with E-state index >= 15 is 0 Å². The number of benzene rings is 2. The number of aromatic carboxylic acids is 1. The van der Waals surface area contributed by atoms with Crippen LogP contribution in [0.25, 0.3) is 21.8 Å². The zero-order chi connectivity index (χ0) is 21.0. The Labute approximate surface area is 164 Å². The molecule has 0 bridgehead atoms. The van der Waals surface area contributed by atoms with Crippen molar-refractivity contribution in [2.24, 2.45) is 0 Å². The van der Waals surface area contributed by atoms with Gasteiger partial charge in [0.25, 0.3) is 0 Å². The predicted molar refractivity (Wildman–Crippen MR) is 105 cm³/mol. The zero-order valence-corrected chi connectivity index (χ0v) is 15.2. The van der Waals surface area contributed by atoms with Crippen LogP contribution in [0, 0.1) is 0 Å². The van der Waals surface area contributed by atoms with E-state index in [0.717, 1.165) is 10.8 Å². The van der Waals surface area contributed by atoms with Gasteiger partial charge < -0.3 is 20.1 Å². The summed E-state index contributed by atoms with van der Waals surface area (Å²) in [4.78, 5) is 29.7. The molecule has 0 unspecified atom stereocenters. The van der Waals surface area contributed by atoms with Crippen molar-refractivity contribution in [3.05, 3.63) is 72.1 Å². The van der Waals surface area contributed by atoms with Crippen LogP contribution in [-0.4, -0.2) is 44.3 Å². The minimum Gasteiger partial charge on any atom is -0.506 e. The number of esters is 1. The van der Waals surface area contributed by atoms with Crippen LogP contribution in [-0.2, 0) is 4.74 Å². The summed E-state index contributed by atoms with van der Waals surface area (Å²) in [5.41, 5.74) is 0.832. The highest BCUT2D eigenvalue weighted by Crippen LogP contribution is 2.23. The van der Waals surface area contributed by atoms with Gasteiger partial charge in [0.2, 0.25) is 0 Å². The highest BCUT2D eigenvalue weighted by molar-refractivity contribution is 5.93. The molecule has 4 aromatic rings. The number of hydrogen-bond acceptors (Lipinski definition) is 7. The zero-order valence-electron chi connectivity index (χ0n) is 15.2. The molecule has 0 saturated heterocycles. The van der Waals surface area contributed by atoms with Crippen molar-refractivity contribution in [2.45, 2.75) is 0 Å². The van der Waals surface area contributed by atoms with E-state index in [2.05, 4.69) is 14.7 Å². The fraction of sp³-hybridized carbons (Fsp3) is 0.0476. The molecule has 0 fully saturated rings. The molecule has 0 amide bonds. The van der Waals surface area contributed by atoms with Gasteiger partial charge in [-0.25, -0.2) is 19.6 Å². The van der Waals surface area contributed by atoms with E-state index in [4.69, 9.17) is 5.11 Å². The number of methoxy groups -OCH3 is 1. The standard InChI is InChI=1S/C11H9NO3.C10H7NO3/c1-15-11(14)8-6-5-7-3-2-4-9(13)10(7)12-8;12-8-3-1-2-6-4-5-7(10(13)14)11-9(6)8/h2-6,13H,1H3;1-5,12H,(H,13,14). The number of nitrogens with zero attached hydrogens (tertiary/aromatic N) is 2. The smallest absolute Gasteiger partial charge is 0.356 e. The van der Waals surface area contributed by atoms with Gasteiger partial charge in [-0.1, -0.05) is 36.4 Å². The number of para-hydroxylation sites is 2. The first kappa shape index (κ1) is 19.6. The summed E-state index contributed by atoms with van der Waals surface area (Å²) in [5.74, 6) is -1.57. The molecule has 0 radical (unpaired) electrons.